The van der Waals surface area contributed by atoms with Gasteiger partial charge in [-0.05, 0) is 55.3 Å². The predicted molar refractivity (Wildman–Crippen MR) is 96.0 cm³/mol. The Kier molecular flexibility index (Phi) is 4.79. The molecule has 0 bridgehead atoms. The quantitative estimate of drug-likeness (QED) is 0.637. The maximum absolute atomic E-state index is 12.8. The van der Waals surface area contributed by atoms with Gasteiger partial charge in [0.15, 0.2) is 0 Å². The molecule has 1 aromatic heterocycles. The van der Waals surface area contributed by atoms with E-state index in [2.05, 4.69) is 20.6 Å². The zero-order chi connectivity index (χ0) is 18.7. The maximum atomic E-state index is 12.8. The Morgan fingerprint density at radius 3 is 2.50 bits per heavy atom. The van der Waals surface area contributed by atoms with E-state index in [0.717, 1.165) is 28.9 Å². The van der Waals surface area contributed by atoms with Crippen molar-refractivity contribution in [2.24, 2.45) is 0 Å². The molecule has 0 amide bonds. The lowest BCUT2D eigenvalue weighted by Crippen LogP contribution is -2.06. The van der Waals surface area contributed by atoms with Crippen molar-refractivity contribution < 1.29 is 13.2 Å². The number of aryl methyl sites for hydroxylation is 2. The number of aromatic nitrogens is 2. The van der Waals surface area contributed by atoms with Crippen LogP contribution in [0.1, 0.15) is 16.7 Å². The fourth-order valence-corrected chi connectivity index (χ4v) is 2.40. The highest BCUT2D eigenvalue weighted by atomic mass is 19.4. The monoisotopic (exact) mass is 358 g/mol. The van der Waals surface area contributed by atoms with Crippen LogP contribution in [0.15, 0.2) is 54.7 Å². The normalized spacial score (nSPS) is 11.3. The van der Waals surface area contributed by atoms with E-state index in [-0.39, 0.29) is 11.6 Å². The van der Waals surface area contributed by atoms with Gasteiger partial charge in [-0.2, -0.15) is 18.2 Å². The number of anilines is 4. The van der Waals surface area contributed by atoms with Gasteiger partial charge >= 0.3 is 6.18 Å². The molecule has 0 radical (unpaired) electrons. The molecule has 26 heavy (non-hydrogen) atoms. The van der Waals surface area contributed by atoms with E-state index in [1.807, 2.05) is 32.0 Å². The first-order valence-corrected chi connectivity index (χ1v) is 7.93. The average molecular weight is 358 g/mol. The number of alkyl halides is 3. The Balaban J connectivity index is 1.81. The van der Waals surface area contributed by atoms with Crippen LogP contribution in [0.3, 0.4) is 0 Å². The summed E-state index contributed by atoms with van der Waals surface area (Å²) in [5, 5.41) is 6.01. The SMILES string of the molecule is Cc1ccc(C)c(Nc2ccnc(Nc3cccc(C(F)(F)F)c3)n2)c1. The minimum absolute atomic E-state index is 0.208. The number of halogens is 3. The molecule has 0 aliphatic carbocycles. The van der Waals surface area contributed by atoms with E-state index < -0.39 is 11.7 Å². The van der Waals surface area contributed by atoms with Crippen molar-refractivity contribution in [3.8, 4) is 0 Å². The number of hydrogen-bond donors (Lipinski definition) is 2. The first kappa shape index (κ1) is 17.7. The lowest BCUT2D eigenvalue weighted by Gasteiger charge is -2.12. The smallest absolute Gasteiger partial charge is 0.340 e. The van der Waals surface area contributed by atoms with Crippen molar-refractivity contribution in [3.63, 3.8) is 0 Å². The molecule has 0 saturated carbocycles. The summed E-state index contributed by atoms with van der Waals surface area (Å²) in [6, 6.07) is 12.6. The molecule has 0 atom stereocenters. The van der Waals surface area contributed by atoms with Crippen molar-refractivity contribution in [1.29, 1.82) is 0 Å². The molecular weight excluding hydrogens is 341 g/mol. The van der Waals surface area contributed by atoms with Crippen LogP contribution in [0.5, 0.6) is 0 Å². The summed E-state index contributed by atoms with van der Waals surface area (Å²) in [4.78, 5) is 8.38. The number of rotatable bonds is 4. The molecule has 2 N–H and O–H groups in total. The third-order valence-electron chi connectivity index (χ3n) is 3.76. The highest BCUT2D eigenvalue weighted by Crippen LogP contribution is 2.31. The van der Waals surface area contributed by atoms with Crippen molar-refractivity contribution in [2.45, 2.75) is 20.0 Å². The fourth-order valence-electron chi connectivity index (χ4n) is 2.40. The summed E-state index contributed by atoms with van der Waals surface area (Å²) in [5.74, 6) is 0.753. The summed E-state index contributed by atoms with van der Waals surface area (Å²) in [6.45, 7) is 3.97. The first-order valence-electron chi connectivity index (χ1n) is 7.93. The lowest BCUT2D eigenvalue weighted by atomic mass is 10.1. The second-order valence-electron chi connectivity index (χ2n) is 5.91. The molecule has 3 rings (SSSR count). The van der Waals surface area contributed by atoms with Crippen LogP contribution in [0.4, 0.5) is 36.3 Å². The Morgan fingerprint density at radius 1 is 0.923 bits per heavy atom. The molecule has 0 aliphatic rings. The van der Waals surface area contributed by atoms with Gasteiger partial charge in [0.25, 0.3) is 0 Å². The number of hydrogen-bond acceptors (Lipinski definition) is 4. The van der Waals surface area contributed by atoms with Crippen LogP contribution in [0, 0.1) is 13.8 Å². The molecule has 4 nitrogen and oxygen atoms in total. The molecule has 0 spiro atoms. The van der Waals surface area contributed by atoms with E-state index in [4.69, 9.17) is 0 Å². The largest absolute Gasteiger partial charge is 0.416 e. The van der Waals surface area contributed by atoms with Gasteiger partial charge in [-0.1, -0.05) is 18.2 Å². The molecule has 0 aliphatic heterocycles. The number of benzene rings is 2. The van der Waals surface area contributed by atoms with E-state index in [1.54, 1.807) is 6.07 Å². The molecule has 7 heteroatoms. The van der Waals surface area contributed by atoms with Crippen LogP contribution >= 0.6 is 0 Å². The molecule has 2 aromatic carbocycles. The number of nitrogens with zero attached hydrogens (tertiary/aromatic N) is 2. The van der Waals surface area contributed by atoms with Gasteiger partial charge in [0.05, 0.1) is 5.56 Å². The van der Waals surface area contributed by atoms with Gasteiger partial charge in [0.1, 0.15) is 5.82 Å². The van der Waals surface area contributed by atoms with Gasteiger partial charge in [-0.15, -0.1) is 0 Å². The second kappa shape index (κ2) is 7.03. The average Bonchev–Trinajstić information content (AvgIpc) is 2.58. The van der Waals surface area contributed by atoms with E-state index in [0.29, 0.717) is 5.82 Å². The third-order valence-corrected chi connectivity index (χ3v) is 3.76. The van der Waals surface area contributed by atoms with E-state index in [9.17, 15) is 13.2 Å². The van der Waals surface area contributed by atoms with Crippen molar-refractivity contribution in [2.75, 3.05) is 10.6 Å². The third kappa shape index (κ3) is 4.30. The summed E-state index contributed by atoms with van der Waals surface area (Å²) in [6.07, 6.45) is -2.86. The van der Waals surface area contributed by atoms with Gasteiger partial charge < -0.3 is 10.6 Å². The molecule has 0 saturated heterocycles. The lowest BCUT2D eigenvalue weighted by molar-refractivity contribution is -0.137. The predicted octanol–water partition coefficient (Wildman–Crippen LogP) is 5.60. The summed E-state index contributed by atoms with van der Waals surface area (Å²) >= 11 is 0. The molecule has 1 heterocycles. The van der Waals surface area contributed by atoms with Crippen LogP contribution < -0.4 is 10.6 Å². The first-order chi connectivity index (χ1) is 12.3. The minimum Gasteiger partial charge on any atom is -0.340 e. The van der Waals surface area contributed by atoms with Crippen LogP contribution in [0.2, 0.25) is 0 Å². The van der Waals surface area contributed by atoms with Gasteiger partial charge in [-0.3, -0.25) is 0 Å². The Bertz CT molecular complexity index is 923. The highest BCUT2D eigenvalue weighted by molar-refractivity contribution is 5.63. The minimum atomic E-state index is -4.40. The van der Waals surface area contributed by atoms with Gasteiger partial charge in [-0.25, -0.2) is 4.98 Å². The summed E-state index contributed by atoms with van der Waals surface area (Å²) in [5.41, 5.74) is 2.61. The second-order valence-corrected chi connectivity index (χ2v) is 5.91. The number of nitrogens with one attached hydrogen (secondary N) is 2. The zero-order valence-corrected chi connectivity index (χ0v) is 14.2. The molecular formula is C19H17F3N4. The van der Waals surface area contributed by atoms with Crippen LogP contribution in [0.25, 0.3) is 0 Å². The van der Waals surface area contributed by atoms with E-state index in [1.165, 1.54) is 18.3 Å². The van der Waals surface area contributed by atoms with Gasteiger partial charge in [0, 0.05) is 17.6 Å². The molecule has 0 unspecified atom stereocenters. The molecule has 0 fully saturated rings. The highest BCUT2D eigenvalue weighted by Gasteiger charge is 2.30. The standard InChI is InChI=1S/C19H17F3N4/c1-12-6-7-13(2)16(10-12)25-17-8-9-23-18(26-17)24-15-5-3-4-14(11-15)19(20,21)22/h3-11H,1-2H3,(H2,23,24,25,26). The molecule has 3 aromatic rings. The van der Waals surface area contributed by atoms with Crippen molar-refractivity contribution in [3.05, 3.63) is 71.4 Å². The zero-order valence-electron chi connectivity index (χ0n) is 14.2. The topological polar surface area (TPSA) is 49.8 Å². The Hall–Kier alpha value is -3.09. The molecule has 134 valence electrons. The fraction of sp³-hybridized carbons (Fsp3) is 0.158. The maximum Gasteiger partial charge on any atom is 0.416 e. The van der Waals surface area contributed by atoms with Gasteiger partial charge in [0.2, 0.25) is 5.95 Å². The van der Waals surface area contributed by atoms with Crippen LogP contribution in [-0.4, -0.2) is 9.97 Å². The summed E-state index contributed by atoms with van der Waals surface area (Å²) < 4.78 is 38.4. The summed E-state index contributed by atoms with van der Waals surface area (Å²) in [7, 11) is 0. The van der Waals surface area contributed by atoms with Crippen LogP contribution in [-0.2, 0) is 6.18 Å². The van der Waals surface area contributed by atoms with Crippen molar-refractivity contribution in [1.82, 2.24) is 9.97 Å². The Labute approximate surface area is 149 Å². The Morgan fingerprint density at radius 2 is 1.73 bits per heavy atom. The van der Waals surface area contributed by atoms with E-state index >= 15 is 0 Å². The van der Waals surface area contributed by atoms with Crippen molar-refractivity contribution >= 4 is 23.1 Å².